The molecule has 2 amide bonds. The van der Waals surface area contributed by atoms with Crippen LogP contribution < -0.4 is 10.5 Å². The standard InChI is InChI=1S/C30H34N6O4/c1-18-12-20(5-8-32-18)27-23-13-21-15-33-36(26-4-2-3-9-39-26)25(21)14-24(23)29(40-22-16-35(17-22)30(31)37)34-28(27)19-6-10-38-11-7-19/h5,8,12-15,19,22,26H,2-4,6-7,9-11,16-17H2,1H3,(H2,31,37). The Morgan fingerprint density at radius 2 is 1.93 bits per heavy atom. The van der Waals surface area contributed by atoms with Crippen LogP contribution in [0.5, 0.6) is 5.88 Å². The van der Waals surface area contributed by atoms with Crippen molar-refractivity contribution in [1.82, 2.24) is 24.6 Å². The van der Waals surface area contributed by atoms with Gasteiger partial charge in [-0.05, 0) is 74.2 Å². The number of carbonyl (C=O) groups is 1. The molecule has 1 aromatic carbocycles. The molecule has 3 saturated heterocycles. The SMILES string of the molecule is Cc1cc(-c2c(C3CCOCC3)nc(OC3CN(C(N)=O)C3)c3cc4c(cnn4C4CCCCO4)cc23)ccn1. The largest absolute Gasteiger partial charge is 0.470 e. The van der Waals surface area contributed by atoms with Gasteiger partial charge in [-0.1, -0.05) is 0 Å². The number of amides is 2. The number of hydrogen-bond acceptors (Lipinski definition) is 7. The van der Waals surface area contributed by atoms with Crippen LogP contribution in [-0.2, 0) is 9.47 Å². The van der Waals surface area contributed by atoms with E-state index in [4.69, 9.17) is 30.0 Å². The molecule has 4 aromatic rings. The Hall–Kier alpha value is -3.76. The lowest BCUT2D eigenvalue weighted by Crippen LogP contribution is -2.57. The van der Waals surface area contributed by atoms with E-state index >= 15 is 0 Å². The first kappa shape index (κ1) is 25.2. The molecule has 208 valence electrons. The summed E-state index contributed by atoms with van der Waals surface area (Å²) in [5.74, 6) is 0.820. The predicted molar refractivity (Wildman–Crippen MR) is 150 cm³/mol. The smallest absolute Gasteiger partial charge is 0.315 e. The summed E-state index contributed by atoms with van der Waals surface area (Å²) < 4.78 is 20.3. The molecule has 3 aliphatic rings. The molecule has 3 aliphatic heterocycles. The second kappa shape index (κ2) is 10.3. The molecule has 1 atom stereocenters. The number of ether oxygens (including phenoxy) is 3. The van der Waals surface area contributed by atoms with Crippen LogP contribution in [0, 0.1) is 6.92 Å². The van der Waals surface area contributed by atoms with Gasteiger partial charge in [0.25, 0.3) is 0 Å². The van der Waals surface area contributed by atoms with Crippen molar-refractivity contribution in [2.24, 2.45) is 5.73 Å². The summed E-state index contributed by atoms with van der Waals surface area (Å²) in [5, 5.41) is 7.80. The summed E-state index contributed by atoms with van der Waals surface area (Å²) in [5.41, 5.74) is 10.6. The average Bonchev–Trinajstić information content (AvgIpc) is 3.37. The summed E-state index contributed by atoms with van der Waals surface area (Å²) in [4.78, 5) is 22.9. The molecule has 7 rings (SSSR count). The van der Waals surface area contributed by atoms with Gasteiger partial charge >= 0.3 is 6.03 Å². The van der Waals surface area contributed by atoms with Crippen LogP contribution in [-0.4, -0.2) is 69.7 Å². The van der Waals surface area contributed by atoms with E-state index in [0.29, 0.717) is 32.2 Å². The van der Waals surface area contributed by atoms with E-state index in [-0.39, 0.29) is 18.2 Å². The van der Waals surface area contributed by atoms with Crippen LogP contribution in [0.2, 0.25) is 0 Å². The first-order valence-corrected chi connectivity index (χ1v) is 14.2. The monoisotopic (exact) mass is 542 g/mol. The van der Waals surface area contributed by atoms with Gasteiger partial charge in [-0.25, -0.2) is 14.5 Å². The third kappa shape index (κ3) is 4.54. The van der Waals surface area contributed by atoms with E-state index in [1.165, 1.54) is 0 Å². The molecule has 2 N–H and O–H groups in total. The minimum absolute atomic E-state index is 0.0828. The second-order valence-corrected chi connectivity index (χ2v) is 11.1. The van der Waals surface area contributed by atoms with Crippen molar-refractivity contribution in [2.75, 3.05) is 32.9 Å². The topological polar surface area (TPSA) is 118 Å². The molecule has 0 saturated carbocycles. The first-order valence-electron chi connectivity index (χ1n) is 14.2. The lowest BCUT2D eigenvalue weighted by atomic mass is 9.87. The fourth-order valence-electron chi connectivity index (χ4n) is 6.20. The highest BCUT2D eigenvalue weighted by Crippen LogP contribution is 2.43. The van der Waals surface area contributed by atoms with Crippen molar-refractivity contribution in [3.8, 4) is 17.0 Å². The van der Waals surface area contributed by atoms with E-state index in [0.717, 1.165) is 82.9 Å². The molecule has 10 nitrogen and oxygen atoms in total. The van der Waals surface area contributed by atoms with Crippen LogP contribution >= 0.6 is 0 Å². The number of primary amides is 1. The Balaban J connectivity index is 1.44. The number of benzene rings is 1. The van der Waals surface area contributed by atoms with Gasteiger partial charge in [0.05, 0.1) is 30.5 Å². The first-order chi connectivity index (χ1) is 19.5. The van der Waals surface area contributed by atoms with Crippen LogP contribution in [0.3, 0.4) is 0 Å². The molecular weight excluding hydrogens is 508 g/mol. The van der Waals surface area contributed by atoms with Gasteiger partial charge in [-0.3, -0.25) is 4.98 Å². The van der Waals surface area contributed by atoms with Crippen molar-refractivity contribution in [3.63, 3.8) is 0 Å². The lowest BCUT2D eigenvalue weighted by molar-refractivity contribution is -0.0366. The zero-order valence-electron chi connectivity index (χ0n) is 22.7. The number of aromatic nitrogens is 4. The highest BCUT2D eigenvalue weighted by Gasteiger charge is 2.33. The zero-order chi connectivity index (χ0) is 27.2. The minimum atomic E-state index is -0.429. The molecule has 1 unspecified atom stereocenters. The Morgan fingerprint density at radius 3 is 2.67 bits per heavy atom. The molecule has 0 bridgehead atoms. The predicted octanol–water partition coefficient (Wildman–Crippen LogP) is 4.69. The normalized spacial score (nSPS) is 20.6. The number of nitrogens with zero attached hydrogens (tertiary/aromatic N) is 5. The molecule has 0 aliphatic carbocycles. The molecule has 40 heavy (non-hydrogen) atoms. The maximum Gasteiger partial charge on any atom is 0.315 e. The molecule has 0 spiro atoms. The van der Waals surface area contributed by atoms with Crippen molar-refractivity contribution in [1.29, 1.82) is 0 Å². The second-order valence-electron chi connectivity index (χ2n) is 11.1. The number of pyridine rings is 2. The van der Waals surface area contributed by atoms with Crippen LogP contribution in [0.4, 0.5) is 4.79 Å². The third-order valence-corrected chi connectivity index (χ3v) is 8.37. The zero-order valence-corrected chi connectivity index (χ0v) is 22.7. The maximum absolute atomic E-state index is 11.6. The number of carbonyl (C=O) groups excluding carboxylic acids is 1. The van der Waals surface area contributed by atoms with E-state index in [2.05, 4.69) is 29.2 Å². The molecule has 10 heteroatoms. The quantitative estimate of drug-likeness (QED) is 0.389. The van der Waals surface area contributed by atoms with Crippen molar-refractivity contribution in [3.05, 3.63) is 48.0 Å². The number of likely N-dealkylation sites (tertiary alicyclic amines) is 1. The number of aryl methyl sites for hydroxylation is 1. The van der Waals surface area contributed by atoms with Crippen LogP contribution in [0.25, 0.3) is 32.8 Å². The average molecular weight is 543 g/mol. The highest BCUT2D eigenvalue weighted by molar-refractivity contribution is 6.07. The van der Waals surface area contributed by atoms with Gasteiger partial charge in [-0.15, -0.1) is 0 Å². The summed E-state index contributed by atoms with van der Waals surface area (Å²) in [6.45, 7) is 5.07. The van der Waals surface area contributed by atoms with Crippen molar-refractivity contribution >= 4 is 27.7 Å². The Labute approximate surface area is 232 Å². The molecule has 6 heterocycles. The van der Waals surface area contributed by atoms with E-state index < -0.39 is 6.03 Å². The van der Waals surface area contributed by atoms with Gasteiger partial charge in [0.2, 0.25) is 5.88 Å². The summed E-state index contributed by atoms with van der Waals surface area (Å²) >= 11 is 0. The number of urea groups is 1. The Bertz CT molecular complexity index is 1570. The van der Waals surface area contributed by atoms with Crippen molar-refractivity contribution < 1.29 is 19.0 Å². The van der Waals surface area contributed by atoms with Crippen LogP contribution in [0.1, 0.15) is 55.6 Å². The fourth-order valence-corrected chi connectivity index (χ4v) is 6.20. The number of fused-ring (bicyclic) bond motifs is 2. The number of rotatable bonds is 5. The van der Waals surface area contributed by atoms with E-state index in [9.17, 15) is 4.79 Å². The Kier molecular flexibility index (Phi) is 6.51. The van der Waals surface area contributed by atoms with E-state index in [1.54, 1.807) is 4.90 Å². The highest BCUT2D eigenvalue weighted by atomic mass is 16.5. The number of hydrogen-bond donors (Lipinski definition) is 1. The van der Waals surface area contributed by atoms with Crippen molar-refractivity contribution in [2.45, 2.75) is 57.3 Å². The molecule has 3 aromatic heterocycles. The Morgan fingerprint density at radius 1 is 1.07 bits per heavy atom. The molecule has 3 fully saturated rings. The summed E-state index contributed by atoms with van der Waals surface area (Å²) in [6.07, 6.45) is 8.47. The summed E-state index contributed by atoms with van der Waals surface area (Å²) in [7, 11) is 0. The summed E-state index contributed by atoms with van der Waals surface area (Å²) in [6, 6.07) is 8.12. The van der Waals surface area contributed by atoms with Gasteiger partial charge in [0.15, 0.2) is 6.23 Å². The van der Waals surface area contributed by atoms with E-state index in [1.807, 2.05) is 24.0 Å². The lowest BCUT2D eigenvalue weighted by Gasteiger charge is -2.37. The number of nitrogens with two attached hydrogens (primary N) is 1. The van der Waals surface area contributed by atoms with Gasteiger partial charge in [-0.2, -0.15) is 5.10 Å². The maximum atomic E-state index is 11.6. The minimum Gasteiger partial charge on any atom is -0.470 e. The van der Waals surface area contributed by atoms with Gasteiger partial charge < -0.3 is 24.8 Å². The van der Waals surface area contributed by atoms with Crippen LogP contribution in [0.15, 0.2) is 36.7 Å². The molecular formula is C30H34N6O4. The third-order valence-electron chi connectivity index (χ3n) is 8.37. The van der Waals surface area contributed by atoms with Gasteiger partial charge in [0, 0.05) is 54.0 Å². The van der Waals surface area contributed by atoms with Gasteiger partial charge in [0.1, 0.15) is 6.10 Å². The molecule has 0 radical (unpaired) electrons. The fraction of sp³-hybridized carbons (Fsp3) is 0.467.